The first-order valence-electron chi connectivity index (χ1n) is 5.86. The number of piperidine rings is 1. The number of thiazole rings is 1. The first kappa shape index (κ1) is 11.7. The Balaban J connectivity index is 1.75. The van der Waals surface area contributed by atoms with E-state index in [0.29, 0.717) is 5.92 Å². The average molecular weight is 238 g/mol. The fourth-order valence-electron chi connectivity index (χ4n) is 2.14. The van der Waals surface area contributed by atoms with Crippen LogP contribution in [0.1, 0.15) is 23.4 Å². The number of likely N-dealkylation sites (tertiary alicyclic amines) is 1. The molecule has 1 aliphatic heterocycles. The van der Waals surface area contributed by atoms with Crippen molar-refractivity contribution in [3.05, 3.63) is 16.1 Å². The molecule has 1 aromatic rings. The molecule has 0 bridgehead atoms. The van der Waals surface area contributed by atoms with Gasteiger partial charge in [0.05, 0.1) is 11.2 Å². The average Bonchev–Trinajstić information content (AvgIpc) is 2.73. The maximum atomic E-state index is 10.6. The number of carbonyl (C=O) groups excluding carboxylic acids is 1. The van der Waals surface area contributed by atoms with Gasteiger partial charge in [0.1, 0.15) is 6.29 Å². The van der Waals surface area contributed by atoms with Crippen LogP contribution in [-0.2, 0) is 11.2 Å². The van der Waals surface area contributed by atoms with Crippen LogP contribution in [0.3, 0.4) is 0 Å². The van der Waals surface area contributed by atoms with Gasteiger partial charge in [-0.3, -0.25) is 0 Å². The van der Waals surface area contributed by atoms with Crippen LogP contribution in [0.15, 0.2) is 5.51 Å². The van der Waals surface area contributed by atoms with E-state index in [1.54, 1.807) is 11.3 Å². The first-order valence-corrected chi connectivity index (χ1v) is 6.74. The zero-order valence-corrected chi connectivity index (χ0v) is 10.5. The Labute approximate surface area is 100 Å². The molecule has 1 saturated heterocycles. The summed E-state index contributed by atoms with van der Waals surface area (Å²) < 4.78 is 0. The van der Waals surface area contributed by atoms with Gasteiger partial charge in [-0.15, -0.1) is 11.3 Å². The first-order chi connectivity index (χ1) is 7.79. The van der Waals surface area contributed by atoms with Crippen LogP contribution in [0.4, 0.5) is 0 Å². The Morgan fingerprint density at radius 2 is 2.31 bits per heavy atom. The lowest BCUT2D eigenvalue weighted by Crippen LogP contribution is -2.35. The van der Waals surface area contributed by atoms with E-state index in [1.807, 2.05) is 5.51 Å². The number of aryl methyl sites for hydroxylation is 1. The molecule has 0 amide bonds. The zero-order valence-electron chi connectivity index (χ0n) is 9.69. The van der Waals surface area contributed by atoms with Gasteiger partial charge >= 0.3 is 0 Å². The van der Waals surface area contributed by atoms with Crippen molar-refractivity contribution in [1.29, 1.82) is 0 Å². The van der Waals surface area contributed by atoms with E-state index in [9.17, 15) is 4.79 Å². The third-order valence-corrected chi connectivity index (χ3v) is 4.32. The maximum absolute atomic E-state index is 10.6. The Kier molecular flexibility index (Phi) is 4.07. The molecule has 88 valence electrons. The van der Waals surface area contributed by atoms with Crippen LogP contribution in [0.25, 0.3) is 0 Å². The summed E-state index contributed by atoms with van der Waals surface area (Å²) >= 11 is 1.75. The molecule has 1 aromatic heterocycles. The molecule has 0 N–H and O–H groups in total. The van der Waals surface area contributed by atoms with Crippen molar-refractivity contribution < 1.29 is 4.79 Å². The van der Waals surface area contributed by atoms with Crippen LogP contribution in [-0.4, -0.2) is 35.8 Å². The molecular formula is C12H18N2OS. The quantitative estimate of drug-likeness (QED) is 0.751. The Bertz CT molecular complexity index is 343. The molecule has 3 nitrogen and oxygen atoms in total. The van der Waals surface area contributed by atoms with E-state index >= 15 is 0 Å². The molecule has 0 aromatic carbocycles. The van der Waals surface area contributed by atoms with Gasteiger partial charge in [0.25, 0.3) is 0 Å². The lowest BCUT2D eigenvalue weighted by molar-refractivity contribution is -0.112. The molecule has 4 heteroatoms. The van der Waals surface area contributed by atoms with Crippen LogP contribution in [0.5, 0.6) is 0 Å². The number of rotatable bonds is 4. The second-order valence-corrected chi connectivity index (χ2v) is 5.37. The molecular weight excluding hydrogens is 220 g/mol. The van der Waals surface area contributed by atoms with E-state index in [4.69, 9.17) is 0 Å². The molecule has 0 spiro atoms. The Morgan fingerprint density at radius 1 is 1.56 bits per heavy atom. The highest BCUT2D eigenvalue weighted by atomic mass is 32.1. The minimum absolute atomic E-state index is 0.307. The standard InChI is InChI=1S/C12H18N2OS/c1-10-12(16-9-13-10)4-7-14-5-2-11(8-15)3-6-14/h8-9,11H,2-7H2,1H3. The summed E-state index contributed by atoms with van der Waals surface area (Å²) in [6.07, 6.45) is 4.28. The summed E-state index contributed by atoms with van der Waals surface area (Å²) in [5, 5.41) is 0. The Hall–Kier alpha value is -0.740. The van der Waals surface area contributed by atoms with Gasteiger partial charge in [0, 0.05) is 17.3 Å². The van der Waals surface area contributed by atoms with E-state index in [0.717, 1.165) is 45.2 Å². The van der Waals surface area contributed by atoms with Gasteiger partial charge in [0.15, 0.2) is 0 Å². The van der Waals surface area contributed by atoms with Crippen molar-refractivity contribution in [3.63, 3.8) is 0 Å². The number of hydrogen-bond donors (Lipinski definition) is 0. The van der Waals surface area contributed by atoms with Crippen molar-refractivity contribution >= 4 is 17.6 Å². The number of aromatic nitrogens is 1. The van der Waals surface area contributed by atoms with Crippen LogP contribution >= 0.6 is 11.3 Å². The normalized spacial score (nSPS) is 18.8. The highest BCUT2D eigenvalue weighted by Gasteiger charge is 2.18. The van der Waals surface area contributed by atoms with Gasteiger partial charge in [0.2, 0.25) is 0 Å². The summed E-state index contributed by atoms with van der Waals surface area (Å²) in [4.78, 5) is 18.7. The lowest BCUT2D eigenvalue weighted by Gasteiger charge is -2.29. The SMILES string of the molecule is Cc1ncsc1CCN1CCC(C=O)CC1. The summed E-state index contributed by atoms with van der Waals surface area (Å²) in [6, 6.07) is 0. The molecule has 0 saturated carbocycles. The summed E-state index contributed by atoms with van der Waals surface area (Å²) in [6.45, 7) is 5.32. The highest BCUT2D eigenvalue weighted by Crippen LogP contribution is 2.17. The fourth-order valence-corrected chi connectivity index (χ4v) is 2.91. The fraction of sp³-hybridized carbons (Fsp3) is 0.667. The number of hydrogen-bond acceptors (Lipinski definition) is 4. The molecule has 0 atom stereocenters. The molecule has 16 heavy (non-hydrogen) atoms. The van der Waals surface area contributed by atoms with Crippen molar-refractivity contribution in [2.45, 2.75) is 26.2 Å². The number of carbonyl (C=O) groups is 1. The topological polar surface area (TPSA) is 33.2 Å². The minimum atomic E-state index is 0.307. The predicted octanol–water partition coefficient (Wildman–Crippen LogP) is 1.90. The molecule has 2 rings (SSSR count). The van der Waals surface area contributed by atoms with Crippen molar-refractivity contribution in [3.8, 4) is 0 Å². The van der Waals surface area contributed by atoms with Gasteiger partial charge in [-0.05, 0) is 39.3 Å². The summed E-state index contributed by atoms with van der Waals surface area (Å²) in [5.74, 6) is 0.307. The molecule has 1 fully saturated rings. The monoisotopic (exact) mass is 238 g/mol. The maximum Gasteiger partial charge on any atom is 0.123 e. The summed E-state index contributed by atoms with van der Waals surface area (Å²) in [7, 11) is 0. The van der Waals surface area contributed by atoms with E-state index < -0.39 is 0 Å². The van der Waals surface area contributed by atoms with Crippen molar-refractivity contribution in [1.82, 2.24) is 9.88 Å². The second-order valence-electron chi connectivity index (χ2n) is 4.43. The van der Waals surface area contributed by atoms with Crippen LogP contribution in [0, 0.1) is 12.8 Å². The summed E-state index contributed by atoms with van der Waals surface area (Å²) in [5.41, 5.74) is 3.09. The van der Waals surface area contributed by atoms with Gasteiger partial charge < -0.3 is 9.69 Å². The zero-order chi connectivity index (χ0) is 11.4. The second kappa shape index (κ2) is 5.55. The third-order valence-electron chi connectivity index (χ3n) is 3.32. The molecule has 0 radical (unpaired) electrons. The number of nitrogens with zero attached hydrogens (tertiary/aromatic N) is 2. The Morgan fingerprint density at radius 3 is 2.88 bits per heavy atom. The third kappa shape index (κ3) is 2.89. The molecule has 1 aliphatic rings. The van der Waals surface area contributed by atoms with Crippen molar-refractivity contribution in [2.75, 3.05) is 19.6 Å². The predicted molar refractivity (Wildman–Crippen MR) is 65.8 cm³/mol. The lowest BCUT2D eigenvalue weighted by atomic mass is 9.98. The van der Waals surface area contributed by atoms with Crippen LogP contribution < -0.4 is 0 Å². The van der Waals surface area contributed by atoms with Gasteiger partial charge in [-0.1, -0.05) is 0 Å². The largest absolute Gasteiger partial charge is 0.303 e. The van der Waals surface area contributed by atoms with Gasteiger partial charge in [-0.25, -0.2) is 4.98 Å². The molecule has 0 unspecified atom stereocenters. The smallest absolute Gasteiger partial charge is 0.123 e. The van der Waals surface area contributed by atoms with Gasteiger partial charge in [-0.2, -0.15) is 0 Å². The van der Waals surface area contributed by atoms with E-state index in [1.165, 1.54) is 10.6 Å². The molecule has 0 aliphatic carbocycles. The highest BCUT2D eigenvalue weighted by molar-refractivity contribution is 7.09. The molecule has 2 heterocycles. The van der Waals surface area contributed by atoms with E-state index in [2.05, 4.69) is 16.8 Å². The van der Waals surface area contributed by atoms with E-state index in [-0.39, 0.29) is 0 Å². The van der Waals surface area contributed by atoms with Crippen molar-refractivity contribution in [2.24, 2.45) is 5.92 Å². The van der Waals surface area contributed by atoms with Crippen LogP contribution in [0.2, 0.25) is 0 Å². The minimum Gasteiger partial charge on any atom is -0.303 e. The number of aldehydes is 1.